The lowest BCUT2D eigenvalue weighted by molar-refractivity contribution is -0.149. The molecule has 0 aliphatic rings. The van der Waals surface area contributed by atoms with Crippen LogP contribution in [0.25, 0.3) is 0 Å². The molecule has 0 aliphatic heterocycles. The van der Waals surface area contributed by atoms with Gasteiger partial charge in [0.15, 0.2) is 0 Å². The van der Waals surface area contributed by atoms with Gasteiger partial charge in [0.25, 0.3) is 0 Å². The van der Waals surface area contributed by atoms with E-state index in [0.29, 0.717) is 0 Å². The summed E-state index contributed by atoms with van der Waals surface area (Å²) in [5, 5.41) is 0. The van der Waals surface area contributed by atoms with Crippen molar-refractivity contribution in [1.82, 2.24) is 4.90 Å². The van der Waals surface area contributed by atoms with Gasteiger partial charge in [-0.3, -0.25) is 4.79 Å². The molecule has 0 N–H and O–H groups in total. The molecule has 160 valence electrons. The second kappa shape index (κ2) is 12.3. The predicted molar refractivity (Wildman–Crippen MR) is 118 cm³/mol. The Balaban J connectivity index is 0.00000420. The molecule has 1 atom stereocenters. The fourth-order valence-corrected chi connectivity index (χ4v) is 3.21. The van der Waals surface area contributed by atoms with Crippen LogP contribution in [0.2, 0.25) is 0 Å². The molecule has 0 aromatic heterocycles. The lowest BCUT2D eigenvalue weighted by Crippen LogP contribution is -2.34. The highest BCUT2D eigenvalue weighted by Gasteiger charge is 2.26. The van der Waals surface area contributed by atoms with Gasteiger partial charge in [0.1, 0.15) is 23.5 Å². The molecule has 5 nitrogen and oxygen atoms in total. The van der Waals surface area contributed by atoms with E-state index >= 15 is 0 Å². The summed E-state index contributed by atoms with van der Waals surface area (Å²) in [6.45, 7) is 8.73. The molecule has 0 radical (unpaired) electrons. The summed E-state index contributed by atoms with van der Waals surface area (Å²) in [7, 11) is 3.25. The summed E-state index contributed by atoms with van der Waals surface area (Å²) in [6.07, 6.45) is -0.189. The third-order valence-corrected chi connectivity index (χ3v) is 4.86. The van der Waals surface area contributed by atoms with Crippen LogP contribution < -0.4 is 9.47 Å². The van der Waals surface area contributed by atoms with Gasteiger partial charge in [-0.05, 0) is 55.4 Å². The number of ether oxygens (including phenoxy) is 3. The standard InChI is InChI=1S/C23H31NO4.ClH/c1-6-24(7-2)16-17(3)28-23(25)22(18-8-12-20(26-4)13-9-18)19-10-14-21(27-5)15-11-19;/h8-15,17,22H,6-7,16H2,1-5H3;1H. The second-order valence-corrected chi connectivity index (χ2v) is 6.71. The molecule has 2 aromatic rings. The van der Waals surface area contributed by atoms with E-state index in [2.05, 4.69) is 18.7 Å². The van der Waals surface area contributed by atoms with Crippen LogP contribution in [0.5, 0.6) is 11.5 Å². The first-order chi connectivity index (χ1) is 13.5. The Morgan fingerprint density at radius 3 is 1.62 bits per heavy atom. The number of rotatable bonds is 10. The van der Waals surface area contributed by atoms with Gasteiger partial charge in [-0.15, -0.1) is 12.4 Å². The van der Waals surface area contributed by atoms with E-state index in [4.69, 9.17) is 14.2 Å². The van der Waals surface area contributed by atoms with Crippen LogP contribution in [0.1, 0.15) is 37.8 Å². The molecule has 29 heavy (non-hydrogen) atoms. The molecular weight excluding hydrogens is 390 g/mol. The molecule has 0 aliphatic carbocycles. The average Bonchev–Trinajstić information content (AvgIpc) is 2.73. The van der Waals surface area contributed by atoms with Gasteiger partial charge in [-0.2, -0.15) is 0 Å². The monoisotopic (exact) mass is 421 g/mol. The number of esters is 1. The van der Waals surface area contributed by atoms with Gasteiger partial charge in [0.2, 0.25) is 0 Å². The van der Waals surface area contributed by atoms with Gasteiger partial charge in [0, 0.05) is 6.54 Å². The molecule has 1 unspecified atom stereocenters. The molecule has 0 spiro atoms. The first-order valence-electron chi connectivity index (χ1n) is 9.73. The van der Waals surface area contributed by atoms with Crippen molar-refractivity contribution in [2.45, 2.75) is 32.8 Å². The molecule has 0 saturated carbocycles. The first kappa shape index (κ1) is 24.8. The molecule has 2 aromatic carbocycles. The highest BCUT2D eigenvalue weighted by atomic mass is 35.5. The van der Waals surface area contributed by atoms with Crippen LogP contribution in [0.4, 0.5) is 0 Å². The van der Waals surface area contributed by atoms with E-state index in [1.807, 2.05) is 55.5 Å². The number of methoxy groups -OCH3 is 2. The van der Waals surface area contributed by atoms with Crippen molar-refractivity contribution < 1.29 is 19.0 Å². The quantitative estimate of drug-likeness (QED) is 0.527. The van der Waals surface area contributed by atoms with Gasteiger partial charge < -0.3 is 19.1 Å². The zero-order valence-corrected chi connectivity index (χ0v) is 18.7. The fraction of sp³-hybridized carbons (Fsp3) is 0.435. The first-order valence-corrected chi connectivity index (χ1v) is 9.73. The maximum absolute atomic E-state index is 13.1. The predicted octanol–water partition coefficient (Wildman–Crippen LogP) is 4.53. The molecule has 0 amide bonds. The Hall–Kier alpha value is -2.24. The highest BCUT2D eigenvalue weighted by Crippen LogP contribution is 2.29. The Morgan fingerprint density at radius 1 is 0.862 bits per heavy atom. The van der Waals surface area contributed by atoms with E-state index in [0.717, 1.165) is 42.3 Å². The van der Waals surface area contributed by atoms with E-state index in [9.17, 15) is 4.79 Å². The second-order valence-electron chi connectivity index (χ2n) is 6.71. The van der Waals surface area contributed by atoms with Crippen molar-refractivity contribution in [2.24, 2.45) is 0 Å². The minimum absolute atomic E-state index is 0. The van der Waals surface area contributed by atoms with Gasteiger partial charge in [0.05, 0.1) is 14.2 Å². The van der Waals surface area contributed by atoms with E-state index in [-0.39, 0.29) is 24.5 Å². The lowest BCUT2D eigenvalue weighted by atomic mass is 9.91. The van der Waals surface area contributed by atoms with E-state index in [1.54, 1.807) is 14.2 Å². The van der Waals surface area contributed by atoms with Gasteiger partial charge in [-0.25, -0.2) is 0 Å². The molecule has 2 rings (SSSR count). The summed E-state index contributed by atoms with van der Waals surface area (Å²) in [6, 6.07) is 15.1. The zero-order chi connectivity index (χ0) is 20.5. The molecule has 0 fully saturated rings. The number of nitrogens with zero attached hydrogens (tertiary/aromatic N) is 1. The number of hydrogen-bond donors (Lipinski definition) is 0. The number of benzene rings is 2. The highest BCUT2D eigenvalue weighted by molar-refractivity contribution is 5.85. The molecule has 0 bridgehead atoms. The number of carbonyl (C=O) groups excluding carboxylic acids is 1. The summed E-state index contributed by atoms with van der Waals surface area (Å²) >= 11 is 0. The van der Waals surface area contributed by atoms with E-state index in [1.165, 1.54) is 0 Å². The van der Waals surface area contributed by atoms with Crippen LogP contribution in [-0.4, -0.2) is 50.8 Å². The molecule has 0 heterocycles. The molecule has 6 heteroatoms. The number of halogens is 1. The summed E-state index contributed by atoms with van der Waals surface area (Å²) in [5.74, 6) is 0.743. The fourth-order valence-electron chi connectivity index (χ4n) is 3.21. The van der Waals surface area contributed by atoms with Crippen LogP contribution in [0.15, 0.2) is 48.5 Å². The summed E-state index contributed by atoms with van der Waals surface area (Å²) in [5.41, 5.74) is 1.73. The van der Waals surface area contributed by atoms with Crippen LogP contribution >= 0.6 is 12.4 Å². The van der Waals surface area contributed by atoms with Crippen molar-refractivity contribution >= 4 is 18.4 Å². The van der Waals surface area contributed by atoms with Crippen molar-refractivity contribution in [3.05, 3.63) is 59.7 Å². The largest absolute Gasteiger partial charge is 0.497 e. The maximum atomic E-state index is 13.1. The third kappa shape index (κ3) is 6.94. The van der Waals surface area contributed by atoms with Crippen LogP contribution in [0.3, 0.4) is 0 Å². The maximum Gasteiger partial charge on any atom is 0.318 e. The van der Waals surface area contributed by atoms with Gasteiger partial charge >= 0.3 is 5.97 Å². The number of carbonyl (C=O) groups is 1. The van der Waals surface area contributed by atoms with E-state index < -0.39 is 5.92 Å². The smallest absolute Gasteiger partial charge is 0.318 e. The Kier molecular flexibility index (Phi) is 10.6. The lowest BCUT2D eigenvalue weighted by Gasteiger charge is -2.25. The third-order valence-electron chi connectivity index (χ3n) is 4.86. The minimum Gasteiger partial charge on any atom is -0.497 e. The average molecular weight is 422 g/mol. The SMILES string of the molecule is CCN(CC)CC(C)OC(=O)C(c1ccc(OC)cc1)c1ccc(OC)cc1.Cl. The van der Waals surface area contributed by atoms with Crippen molar-refractivity contribution in [3.8, 4) is 11.5 Å². The minimum atomic E-state index is -0.504. The van der Waals surface area contributed by atoms with Crippen LogP contribution in [0, 0.1) is 0 Å². The molecule has 0 saturated heterocycles. The Morgan fingerprint density at radius 2 is 1.28 bits per heavy atom. The van der Waals surface area contributed by atoms with Crippen molar-refractivity contribution in [1.29, 1.82) is 0 Å². The Bertz CT molecular complexity index is 682. The Labute approximate surface area is 180 Å². The van der Waals surface area contributed by atoms with Gasteiger partial charge in [-0.1, -0.05) is 38.1 Å². The zero-order valence-electron chi connectivity index (χ0n) is 17.9. The number of likely N-dealkylation sites (N-methyl/N-ethyl adjacent to an activating group) is 1. The topological polar surface area (TPSA) is 48.0 Å². The van der Waals surface area contributed by atoms with Crippen LogP contribution in [-0.2, 0) is 9.53 Å². The van der Waals surface area contributed by atoms with Crippen molar-refractivity contribution in [3.63, 3.8) is 0 Å². The normalized spacial score (nSPS) is 11.7. The molecular formula is C23H32ClNO4. The van der Waals surface area contributed by atoms with Crippen molar-refractivity contribution in [2.75, 3.05) is 33.9 Å². The number of hydrogen-bond acceptors (Lipinski definition) is 5. The summed E-state index contributed by atoms with van der Waals surface area (Å²) < 4.78 is 16.3. The summed E-state index contributed by atoms with van der Waals surface area (Å²) in [4.78, 5) is 15.4.